The molecule has 4 N–H and O–H groups in total. The summed E-state index contributed by atoms with van der Waals surface area (Å²) in [7, 11) is 0. The van der Waals surface area contributed by atoms with Crippen molar-refractivity contribution in [1.29, 1.82) is 0 Å². The van der Waals surface area contributed by atoms with E-state index in [1.807, 2.05) is 0 Å². The Balaban J connectivity index is -0.000000481. The predicted molar refractivity (Wildman–Crippen MR) is 348 cm³/mol. The normalized spacial score (nSPS) is 11.3. The molecule has 0 aliphatic heterocycles. The molecule has 0 aromatic heterocycles. The Labute approximate surface area is 496 Å². The number of hydrogen-bond donors (Lipinski definition) is 4. The maximum atomic E-state index is 10.3. The van der Waals surface area contributed by atoms with Gasteiger partial charge in [0.15, 0.2) is 0 Å². The fourth-order valence-electron chi connectivity index (χ4n) is 9.13. The lowest BCUT2D eigenvalue weighted by atomic mass is 10.1. The maximum Gasteiger partial charge on any atom is 0.303 e. The topological polar surface area (TPSA) is 149 Å². The number of carboxylic acids is 4. The second-order valence-corrected chi connectivity index (χ2v) is 22.6. The molecular weight excluding hydrogens is 993 g/mol. The molecule has 8 nitrogen and oxygen atoms in total. The van der Waals surface area contributed by atoms with Gasteiger partial charge in [-0.2, -0.15) is 0 Å². The smallest absolute Gasteiger partial charge is 0.303 e. The average Bonchev–Trinajstić information content (AvgIpc) is 3.43. The Morgan fingerprint density at radius 3 is 0.525 bits per heavy atom. The fraction of sp³-hybridized carbons (Fsp3) is 0.806. The third-order valence-corrected chi connectivity index (χ3v) is 14.3. The molecule has 0 atom stereocenters. The largest absolute Gasteiger partial charge is 0.481 e. The second kappa shape index (κ2) is 79.8. The molecular formula is C72H134O8. The Morgan fingerprint density at radius 1 is 0.200 bits per heavy atom. The number of hydrogen-bond acceptors (Lipinski definition) is 4. The first kappa shape index (κ1) is 83.0. The number of carbonyl (C=O) groups is 4. The quantitative estimate of drug-likeness (QED) is 0.0347. The second-order valence-electron chi connectivity index (χ2n) is 22.6. The van der Waals surface area contributed by atoms with Gasteiger partial charge in [0.1, 0.15) is 0 Å². The molecule has 0 heterocycles. The van der Waals surface area contributed by atoms with Crippen molar-refractivity contribution in [1.82, 2.24) is 0 Å². The van der Waals surface area contributed by atoms with Crippen LogP contribution < -0.4 is 0 Å². The van der Waals surface area contributed by atoms with Crippen molar-refractivity contribution in [2.24, 2.45) is 0 Å². The lowest BCUT2D eigenvalue weighted by Gasteiger charge is -1.99. The fourth-order valence-corrected chi connectivity index (χ4v) is 9.13. The summed E-state index contributed by atoms with van der Waals surface area (Å²) in [4.78, 5) is 41.3. The molecule has 0 aliphatic carbocycles. The van der Waals surface area contributed by atoms with Crippen molar-refractivity contribution in [2.75, 3.05) is 0 Å². The molecule has 0 fully saturated rings. The monoisotopic (exact) mass is 1130 g/mol. The van der Waals surface area contributed by atoms with Crippen molar-refractivity contribution in [3.8, 4) is 0 Å². The van der Waals surface area contributed by atoms with Crippen molar-refractivity contribution < 1.29 is 39.6 Å². The van der Waals surface area contributed by atoms with Crippen molar-refractivity contribution in [2.45, 2.75) is 374 Å². The standard InChI is InChI=1S/3C18H34O2.C18H32O2/c4*1-2-3-4-5-6-7-8-9-10-11-12-13-14-15-16-17-18(19)20/h3*9-10H,2-8,11-17H2,1H3,(H,19,20);6-7,9-10H,2-5,8,11-17H2,1H3,(H,19,20)/b3*10-9-;7-6-,10-9-. The summed E-state index contributed by atoms with van der Waals surface area (Å²) in [6.07, 6.45) is 86.0. The minimum Gasteiger partial charge on any atom is -0.481 e. The third kappa shape index (κ3) is 96.8. The molecule has 0 spiro atoms. The van der Waals surface area contributed by atoms with Crippen LogP contribution >= 0.6 is 0 Å². The summed E-state index contributed by atoms with van der Waals surface area (Å²) in [5.74, 6) is -2.66. The summed E-state index contributed by atoms with van der Waals surface area (Å²) < 4.78 is 0. The molecule has 0 saturated carbocycles. The van der Waals surface area contributed by atoms with E-state index < -0.39 is 23.9 Å². The Kier molecular flexibility index (Phi) is 82.8. The molecule has 470 valence electrons. The molecule has 0 unspecified atom stereocenters. The van der Waals surface area contributed by atoms with Crippen LogP contribution in [0.2, 0.25) is 0 Å². The zero-order valence-corrected chi connectivity index (χ0v) is 53.4. The SMILES string of the molecule is CCCCC/C=C\C/C=C\CCCCCCCC(=O)O.CCCCCCCC/C=C\CCCCCCCC(=O)O.CCCCCCCC/C=C\CCCCCCCC(=O)O.CCCCCCCC/C=C\CCCCCCCC(=O)O. The van der Waals surface area contributed by atoms with E-state index in [2.05, 4.69) is 88.5 Å². The minimum absolute atomic E-state index is 0.324. The van der Waals surface area contributed by atoms with Crippen LogP contribution in [0.25, 0.3) is 0 Å². The molecule has 0 aromatic carbocycles. The zero-order chi connectivity index (χ0) is 59.6. The summed E-state index contributed by atoms with van der Waals surface area (Å²) in [6, 6.07) is 0. The lowest BCUT2D eigenvalue weighted by Crippen LogP contribution is -1.93. The van der Waals surface area contributed by atoms with Gasteiger partial charge >= 0.3 is 23.9 Å². The van der Waals surface area contributed by atoms with E-state index in [0.29, 0.717) is 25.7 Å². The number of carboxylic acid groups (broad SMARTS) is 4. The van der Waals surface area contributed by atoms with E-state index >= 15 is 0 Å². The van der Waals surface area contributed by atoms with Crippen LogP contribution in [0, 0.1) is 0 Å². The zero-order valence-electron chi connectivity index (χ0n) is 53.4. The van der Waals surface area contributed by atoms with Crippen molar-refractivity contribution in [3.05, 3.63) is 60.8 Å². The summed E-state index contributed by atoms with van der Waals surface area (Å²) in [5, 5.41) is 34.0. The highest BCUT2D eigenvalue weighted by Crippen LogP contribution is 2.14. The van der Waals surface area contributed by atoms with Gasteiger partial charge in [0.25, 0.3) is 0 Å². The van der Waals surface area contributed by atoms with Gasteiger partial charge in [0.05, 0.1) is 0 Å². The Bertz CT molecular complexity index is 1260. The molecule has 0 bridgehead atoms. The van der Waals surface area contributed by atoms with E-state index in [1.165, 1.54) is 257 Å². The average molecular weight is 1130 g/mol. The van der Waals surface area contributed by atoms with Crippen LogP contribution in [0.5, 0.6) is 0 Å². The summed E-state index contributed by atoms with van der Waals surface area (Å²) in [6.45, 7) is 9.01. The van der Waals surface area contributed by atoms with Gasteiger partial charge < -0.3 is 20.4 Å². The van der Waals surface area contributed by atoms with Gasteiger partial charge in [0, 0.05) is 25.7 Å². The first-order valence-electron chi connectivity index (χ1n) is 34.2. The first-order chi connectivity index (χ1) is 39.1. The van der Waals surface area contributed by atoms with Crippen LogP contribution in [0.4, 0.5) is 0 Å². The maximum absolute atomic E-state index is 10.3. The van der Waals surface area contributed by atoms with Gasteiger partial charge in [-0.05, 0) is 135 Å². The van der Waals surface area contributed by atoms with Gasteiger partial charge in [-0.15, -0.1) is 0 Å². The molecule has 0 aliphatic rings. The van der Waals surface area contributed by atoms with E-state index in [4.69, 9.17) is 20.4 Å². The van der Waals surface area contributed by atoms with E-state index in [-0.39, 0.29) is 0 Å². The van der Waals surface area contributed by atoms with E-state index in [1.54, 1.807) is 0 Å². The van der Waals surface area contributed by atoms with Crippen LogP contribution in [0.3, 0.4) is 0 Å². The minimum atomic E-state index is -0.671. The molecule has 0 amide bonds. The molecule has 80 heavy (non-hydrogen) atoms. The summed E-state index contributed by atoms with van der Waals surface area (Å²) >= 11 is 0. The van der Waals surface area contributed by atoms with Crippen LogP contribution in [0.1, 0.15) is 374 Å². The van der Waals surface area contributed by atoms with Gasteiger partial charge in [-0.1, -0.05) is 275 Å². The summed E-state index contributed by atoms with van der Waals surface area (Å²) in [5.41, 5.74) is 0. The molecule has 0 rings (SSSR count). The highest BCUT2D eigenvalue weighted by molar-refractivity contribution is 5.67. The van der Waals surface area contributed by atoms with E-state index in [9.17, 15) is 19.2 Å². The van der Waals surface area contributed by atoms with Crippen LogP contribution in [-0.2, 0) is 19.2 Å². The first-order valence-corrected chi connectivity index (χ1v) is 34.2. The third-order valence-electron chi connectivity index (χ3n) is 14.3. The highest BCUT2D eigenvalue weighted by Gasteiger charge is 2.00. The highest BCUT2D eigenvalue weighted by atomic mass is 16.4. The molecule has 8 heteroatoms. The number of allylic oxidation sites excluding steroid dienone is 10. The lowest BCUT2D eigenvalue weighted by molar-refractivity contribution is -0.138. The molecule has 0 saturated heterocycles. The van der Waals surface area contributed by atoms with Gasteiger partial charge in [0.2, 0.25) is 0 Å². The Morgan fingerprint density at radius 2 is 0.338 bits per heavy atom. The van der Waals surface area contributed by atoms with E-state index in [0.717, 1.165) is 64.2 Å². The molecule has 0 aromatic rings. The van der Waals surface area contributed by atoms with Crippen LogP contribution in [0.15, 0.2) is 60.8 Å². The Hall–Kier alpha value is -3.42. The van der Waals surface area contributed by atoms with Crippen molar-refractivity contribution >= 4 is 23.9 Å². The van der Waals surface area contributed by atoms with Crippen molar-refractivity contribution in [3.63, 3.8) is 0 Å². The predicted octanol–water partition coefficient (Wildman–Crippen LogP) is 24.2. The molecule has 0 radical (unpaired) electrons. The number of unbranched alkanes of at least 4 members (excludes halogenated alkanes) is 41. The van der Waals surface area contributed by atoms with Crippen LogP contribution in [-0.4, -0.2) is 44.3 Å². The van der Waals surface area contributed by atoms with Gasteiger partial charge in [-0.3, -0.25) is 19.2 Å². The van der Waals surface area contributed by atoms with Gasteiger partial charge in [-0.25, -0.2) is 0 Å². The number of rotatable bonds is 59. The number of aliphatic carboxylic acids is 4.